The second-order valence-corrected chi connectivity index (χ2v) is 8.21. The van der Waals surface area contributed by atoms with E-state index in [-0.39, 0.29) is 5.92 Å². The van der Waals surface area contributed by atoms with Crippen LogP contribution in [-0.2, 0) is 4.74 Å². The number of hydrogen-bond donors (Lipinski definition) is 1. The highest BCUT2D eigenvalue weighted by Crippen LogP contribution is 2.44. The van der Waals surface area contributed by atoms with E-state index in [1.165, 1.54) is 32.3 Å². The van der Waals surface area contributed by atoms with Crippen molar-refractivity contribution in [1.29, 1.82) is 0 Å². The van der Waals surface area contributed by atoms with Gasteiger partial charge in [-0.1, -0.05) is 78.9 Å². The standard InChI is InChI=1S/C26H21NO2S/c28-26(27-15-6-9-18-7-5-8-19-14-16-30-25(18)19)29-17-24-22-12-3-1-10-20(22)21-11-2-4-13-23(21)24/h1-14,16,24H,15,17H2,(H,27,28). The molecular formula is C26H21NO2S. The molecule has 0 aliphatic heterocycles. The number of nitrogens with one attached hydrogen (secondary N) is 1. The van der Waals surface area contributed by atoms with E-state index in [4.69, 9.17) is 4.74 Å². The first-order chi connectivity index (χ1) is 14.8. The summed E-state index contributed by atoms with van der Waals surface area (Å²) < 4.78 is 6.83. The Morgan fingerprint density at radius 1 is 0.933 bits per heavy atom. The average Bonchev–Trinajstić information content (AvgIpc) is 3.39. The van der Waals surface area contributed by atoms with Gasteiger partial charge in [0.1, 0.15) is 6.61 Å². The molecule has 5 rings (SSSR count). The SMILES string of the molecule is O=C(NCC=Cc1cccc2ccsc12)OCC1c2ccccc2-c2ccccc21. The number of carbonyl (C=O) groups is 1. The average molecular weight is 412 g/mol. The van der Waals surface area contributed by atoms with Crippen molar-refractivity contribution in [2.24, 2.45) is 0 Å². The van der Waals surface area contributed by atoms with Crippen LogP contribution in [0.4, 0.5) is 4.79 Å². The minimum Gasteiger partial charge on any atom is -0.449 e. The van der Waals surface area contributed by atoms with E-state index in [2.05, 4.69) is 65.3 Å². The molecule has 0 bridgehead atoms. The molecule has 1 amide bonds. The molecule has 4 aromatic rings. The second kappa shape index (κ2) is 8.17. The molecular weight excluding hydrogens is 390 g/mol. The van der Waals surface area contributed by atoms with Crippen molar-refractivity contribution in [2.75, 3.05) is 13.2 Å². The Balaban J connectivity index is 1.20. The molecule has 1 heterocycles. The third-order valence-corrected chi connectivity index (χ3v) is 6.49. The first kappa shape index (κ1) is 18.6. The normalized spacial score (nSPS) is 12.8. The minimum atomic E-state index is -0.393. The van der Waals surface area contributed by atoms with Crippen LogP contribution in [0.3, 0.4) is 0 Å². The lowest BCUT2D eigenvalue weighted by Gasteiger charge is -2.14. The van der Waals surface area contributed by atoms with Crippen LogP contribution in [0.15, 0.2) is 84.3 Å². The number of benzene rings is 3. The molecule has 0 unspecified atom stereocenters. The zero-order chi connectivity index (χ0) is 20.3. The zero-order valence-electron chi connectivity index (χ0n) is 16.4. The first-order valence-electron chi connectivity index (χ1n) is 10.0. The maximum absolute atomic E-state index is 12.2. The van der Waals surface area contributed by atoms with Gasteiger partial charge in [-0.05, 0) is 44.6 Å². The predicted octanol–water partition coefficient (Wildman–Crippen LogP) is 6.45. The van der Waals surface area contributed by atoms with E-state index >= 15 is 0 Å². The van der Waals surface area contributed by atoms with E-state index in [1.807, 2.05) is 30.4 Å². The lowest BCUT2D eigenvalue weighted by atomic mass is 9.98. The Bertz CT molecular complexity index is 1200. The van der Waals surface area contributed by atoms with Gasteiger partial charge >= 0.3 is 6.09 Å². The number of carbonyl (C=O) groups excluding carboxylic acids is 1. The lowest BCUT2D eigenvalue weighted by molar-refractivity contribution is 0.144. The fourth-order valence-electron chi connectivity index (χ4n) is 4.13. The molecule has 1 aliphatic carbocycles. The fraction of sp³-hybridized carbons (Fsp3) is 0.115. The van der Waals surface area contributed by atoms with E-state index in [9.17, 15) is 4.79 Å². The molecule has 148 valence electrons. The Labute approximate surface area is 179 Å². The molecule has 0 radical (unpaired) electrons. The zero-order valence-corrected chi connectivity index (χ0v) is 17.2. The van der Waals surface area contributed by atoms with Gasteiger partial charge in [0.05, 0.1) is 0 Å². The molecule has 1 N–H and O–H groups in total. The van der Waals surface area contributed by atoms with Crippen LogP contribution >= 0.6 is 11.3 Å². The van der Waals surface area contributed by atoms with Crippen molar-refractivity contribution in [2.45, 2.75) is 5.92 Å². The molecule has 0 saturated heterocycles. The molecule has 4 heteroatoms. The maximum Gasteiger partial charge on any atom is 0.407 e. The number of alkyl carbamates (subject to hydrolysis) is 1. The van der Waals surface area contributed by atoms with Crippen molar-refractivity contribution < 1.29 is 9.53 Å². The van der Waals surface area contributed by atoms with Gasteiger partial charge < -0.3 is 10.1 Å². The Morgan fingerprint density at radius 2 is 1.67 bits per heavy atom. The van der Waals surface area contributed by atoms with Crippen molar-refractivity contribution >= 4 is 33.6 Å². The molecule has 0 saturated carbocycles. The van der Waals surface area contributed by atoms with Crippen LogP contribution in [0.2, 0.25) is 0 Å². The van der Waals surface area contributed by atoms with Gasteiger partial charge in [-0.2, -0.15) is 0 Å². The fourth-order valence-corrected chi connectivity index (χ4v) is 5.02. The van der Waals surface area contributed by atoms with E-state index in [0.29, 0.717) is 13.2 Å². The van der Waals surface area contributed by atoms with E-state index < -0.39 is 6.09 Å². The first-order valence-corrected chi connectivity index (χ1v) is 10.9. The number of amides is 1. The summed E-state index contributed by atoms with van der Waals surface area (Å²) in [4.78, 5) is 12.2. The van der Waals surface area contributed by atoms with Crippen LogP contribution in [0.25, 0.3) is 27.3 Å². The van der Waals surface area contributed by atoms with Gasteiger partial charge in [-0.15, -0.1) is 11.3 Å². The van der Waals surface area contributed by atoms with Gasteiger partial charge in [0, 0.05) is 17.2 Å². The van der Waals surface area contributed by atoms with Gasteiger partial charge in [0.25, 0.3) is 0 Å². The highest BCUT2D eigenvalue weighted by atomic mass is 32.1. The number of rotatable bonds is 5. The molecule has 3 aromatic carbocycles. The quantitative estimate of drug-likeness (QED) is 0.410. The van der Waals surface area contributed by atoms with E-state index in [1.54, 1.807) is 11.3 Å². The summed E-state index contributed by atoms with van der Waals surface area (Å²) in [5.74, 6) is 0.0788. The summed E-state index contributed by atoms with van der Waals surface area (Å²) in [6, 6.07) is 25.0. The highest BCUT2D eigenvalue weighted by Gasteiger charge is 2.28. The van der Waals surface area contributed by atoms with Crippen LogP contribution in [-0.4, -0.2) is 19.2 Å². The predicted molar refractivity (Wildman–Crippen MR) is 124 cm³/mol. The molecule has 0 spiro atoms. The van der Waals surface area contributed by atoms with Crippen molar-refractivity contribution in [3.63, 3.8) is 0 Å². The van der Waals surface area contributed by atoms with Gasteiger partial charge in [0.15, 0.2) is 0 Å². The summed E-state index contributed by atoms with van der Waals surface area (Å²) in [6.07, 6.45) is 3.61. The van der Waals surface area contributed by atoms with Crippen LogP contribution in [0.1, 0.15) is 22.6 Å². The minimum absolute atomic E-state index is 0.0788. The summed E-state index contributed by atoms with van der Waals surface area (Å²) in [5, 5.41) is 6.16. The van der Waals surface area contributed by atoms with Gasteiger partial charge in [0.2, 0.25) is 0 Å². The third kappa shape index (κ3) is 3.51. The molecule has 30 heavy (non-hydrogen) atoms. The van der Waals surface area contributed by atoms with Crippen molar-refractivity contribution in [3.05, 3.63) is 101 Å². The summed E-state index contributed by atoms with van der Waals surface area (Å²) in [7, 11) is 0. The Hall–Kier alpha value is -3.37. The Kier molecular flexibility index (Phi) is 5.08. The van der Waals surface area contributed by atoms with Crippen LogP contribution < -0.4 is 5.32 Å². The topological polar surface area (TPSA) is 38.3 Å². The molecule has 0 atom stereocenters. The number of hydrogen-bond acceptors (Lipinski definition) is 3. The lowest BCUT2D eigenvalue weighted by Crippen LogP contribution is -2.26. The molecule has 1 aromatic heterocycles. The molecule has 0 fully saturated rings. The summed E-state index contributed by atoms with van der Waals surface area (Å²) in [5.41, 5.74) is 6.06. The number of ether oxygens (including phenoxy) is 1. The molecule has 1 aliphatic rings. The second-order valence-electron chi connectivity index (χ2n) is 7.30. The van der Waals surface area contributed by atoms with Gasteiger partial charge in [-0.25, -0.2) is 4.79 Å². The van der Waals surface area contributed by atoms with Crippen molar-refractivity contribution in [1.82, 2.24) is 5.32 Å². The highest BCUT2D eigenvalue weighted by molar-refractivity contribution is 7.17. The summed E-state index contributed by atoms with van der Waals surface area (Å²) >= 11 is 1.73. The largest absolute Gasteiger partial charge is 0.449 e. The smallest absolute Gasteiger partial charge is 0.407 e. The summed E-state index contributed by atoms with van der Waals surface area (Å²) in [6.45, 7) is 0.760. The van der Waals surface area contributed by atoms with Gasteiger partial charge in [-0.3, -0.25) is 0 Å². The monoisotopic (exact) mass is 411 g/mol. The molecule has 3 nitrogen and oxygen atoms in total. The van der Waals surface area contributed by atoms with Crippen molar-refractivity contribution in [3.8, 4) is 11.1 Å². The van der Waals surface area contributed by atoms with E-state index in [0.717, 1.165) is 5.56 Å². The third-order valence-electron chi connectivity index (χ3n) is 5.51. The maximum atomic E-state index is 12.2. The number of fused-ring (bicyclic) bond motifs is 4. The number of thiophene rings is 1. The van der Waals surface area contributed by atoms with Crippen LogP contribution in [0.5, 0.6) is 0 Å². The Morgan fingerprint density at radius 3 is 2.43 bits per heavy atom. The van der Waals surface area contributed by atoms with Crippen LogP contribution in [0, 0.1) is 0 Å².